The molecule has 1 unspecified atom stereocenters. The Kier molecular flexibility index (Phi) is 2.23. The first kappa shape index (κ1) is 7.95. The molecule has 0 saturated carbocycles. The summed E-state index contributed by atoms with van der Waals surface area (Å²) in [6.07, 6.45) is 0. The van der Waals surface area contributed by atoms with Crippen molar-refractivity contribution in [1.82, 2.24) is 0 Å². The van der Waals surface area contributed by atoms with E-state index in [4.69, 9.17) is 12.2 Å². The lowest BCUT2D eigenvalue weighted by Crippen LogP contribution is -1.88. The van der Waals surface area contributed by atoms with Crippen molar-refractivity contribution in [2.45, 2.75) is 4.90 Å². The van der Waals surface area contributed by atoms with Crippen LogP contribution >= 0.6 is 22.7 Å². The normalized spacial score (nSPS) is 20.2. The largest absolute Gasteiger partial charge is 0.375 e. The van der Waals surface area contributed by atoms with Crippen molar-refractivity contribution in [3.63, 3.8) is 0 Å². The molecule has 1 heterocycles. The second kappa shape index (κ2) is 3.37. The van der Waals surface area contributed by atoms with Gasteiger partial charge < -0.3 is 5.32 Å². The third-order valence-corrected chi connectivity index (χ3v) is 3.96. The Balaban J connectivity index is 2.49. The summed E-state index contributed by atoms with van der Waals surface area (Å²) in [7, 11) is 0.202. The van der Waals surface area contributed by atoms with Gasteiger partial charge in [0.2, 0.25) is 0 Å². The van der Waals surface area contributed by atoms with Gasteiger partial charge in [-0.1, -0.05) is 24.4 Å². The molecule has 1 aliphatic rings. The average molecular weight is 195 g/mol. The second-order valence-corrected chi connectivity index (χ2v) is 4.65. The van der Waals surface area contributed by atoms with Gasteiger partial charge in [0.1, 0.15) is 0 Å². The zero-order valence-corrected chi connectivity index (χ0v) is 8.12. The van der Waals surface area contributed by atoms with Gasteiger partial charge in [-0.05, 0) is 17.5 Å². The molecular formula is C9H9NS2. The maximum absolute atomic E-state index is 4.82. The highest BCUT2D eigenvalue weighted by Crippen LogP contribution is 2.38. The standard InChI is InChI=1S/C9H9NS2/c11-5-6-12-7-10-8-3-1-2-4-9(8)12/h1-6,10H,7H2. The van der Waals surface area contributed by atoms with E-state index in [1.54, 1.807) is 5.37 Å². The van der Waals surface area contributed by atoms with Crippen molar-refractivity contribution in [2.24, 2.45) is 0 Å². The van der Waals surface area contributed by atoms with Gasteiger partial charge in [0.05, 0.1) is 5.88 Å². The summed E-state index contributed by atoms with van der Waals surface area (Å²) in [4.78, 5) is 1.39. The molecule has 1 aliphatic heterocycles. The smallest absolute Gasteiger partial charge is 0.0606 e. The van der Waals surface area contributed by atoms with E-state index in [2.05, 4.69) is 34.9 Å². The number of para-hydroxylation sites is 1. The van der Waals surface area contributed by atoms with Crippen LogP contribution in [-0.2, 0) is 0 Å². The summed E-state index contributed by atoms with van der Waals surface area (Å²) in [6, 6.07) is 8.40. The molecule has 0 saturated heterocycles. The van der Waals surface area contributed by atoms with E-state index in [1.807, 2.05) is 0 Å². The van der Waals surface area contributed by atoms with E-state index in [1.165, 1.54) is 10.6 Å². The predicted octanol–water partition coefficient (Wildman–Crippen LogP) is 2.50. The number of hydrogen-bond acceptors (Lipinski definition) is 2. The minimum atomic E-state index is 0.202. The zero-order valence-electron chi connectivity index (χ0n) is 6.49. The summed E-state index contributed by atoms with van der Waals surface area (Å²) in [5.41, 5.74) is 1.26. The highest BCUT2D eigenvalue weighted by Gasteiger charge is 2.11. The molecule has 0 amide bonds. The fraction of sp³-hybridized carbons (Fsp3) is 0.111. The van der Waals surface area contributed by atoms with Crippen LogP contribution in [0.1, 0.15) is 0 Å². The van der Waals surface area contributed by atoms with Crippen LogP contribution in [0.3, 0.4) is 0 Å². The van der Waals surface area contributed by atoms with Crippen LogP contribution in [0.5, 0.6) is 0 Å². The molecule has 2 rings (SSSR count). The van der Waals surface area contributed by atoms with Crippen molar-refractivity contribution in [1.29, 1.82) is 0 Å². The van der Waals surface area contributed by atoms with Gasteiger partial charge in [-0.3, -0.25) is 0 Å². The lowest BCUT2D eigenvalue weighted by molar-refractivity contribution is 1.43. The van der Waals surface area contributed by atoms with Gasteiger partial charge in [-0.15, -0.1) is 10.5 Å². The van der Waals surface area contributed by atoms with Crippen LogP contribution in [0, 0.1) is 0 Å². The Morgan fingerprint density at radius 2 is 2.25 bits per heavy atom. The Morgan fingerprint density at radius 3 is 3.08 bits per heavy atom. The molecule has 0 aliphatic carbocycles. The fourth-order valence-electron chi connectivity index (χ4n) is 1.26. The number of nitrogens with one attached hydrogen (secondary N) is 1. The Labute approximate surface area is 79.7 Å². The van der Waals surface area contributed by atoms with Gasteiger partial charge in [-0.25, -0.2) is 0 Å². The highest BCUT2D eigenvalue weighted by atomic mass is 32.2. The predicted molar refractivity (Wildman–Crippen MR) is 60.5 cm³/mol. The molecule has 1 atom stereocenters. The Morgan fingerprint density at radius 1 is 1.42 bits per heavy atom. The lowest BCUT2D eigenvalue weighted by Gasteiger charge is -1.96. The summed E-state index contributed by atoms with van der Waals surface area (Å²) in [6.45, 7) is 0. The number of anilines is 1. The summed E-state index contributed by atoms with van der Waals surface area (Å²) < 4.78 is 0. The van der Waals surface area contributed by atoms with E-state index in [0.717, 1.165) is 5.88 Å². The van der Waals surface area contributed by atoms with Crippen LogP contribution in [0.25, 0.3) is 0 Å². The SMILES string of the molecule is S=C/C=S1/CNc2ccccc21. The molecule has 1 aromatic rings. The molecule has 1 aromatic carbocycles. The average Bonchev–Trinajstić information content (AvgIpc) is 2.50. The van der Waals surface area contributed by atoms with Crippen molar-refractivity contribution >= 4 is 39.1 Å². The number of rotatable bonds is 1. The zero-order chi connectivity index (χ0) is 8.39. The van der Waals surface area contributed by atoms with Crippen molar-refractivity contribution in [2.75, 3.05) is 11.2 Å². The minimum Gasteiger partial charge on any atom is -0.375 e. The fourth-order valence-corrected chi connectivity index (χ4v) is 3.18. The van der Waals surface area contributed by atoms with E-state index in [9.17, 15) is 0 Å². The molecule has 3 heteroatoms. The molecule has 0 bridgehead atoms. The monoisotopic (exact) mass is 195 g/mol. The van der Waals surface area contributed by atoms with Gasteiger partial charge >= 0.3 is 0 Å². The third kappa shape index (κ3) is 1.30. The first-order valence-corrected chi connectivity index (χ1v) is 5.66. The van der Waals surface area contributed by atoms with E-state index < -0.39 is 0 Å². The quantitative estimate of drug-likeness (QED) is 0.691. The van der Waals surface area contributed by atoms with Gasteiger partial charge in [-0.2, -0.15) is 0 Å². The topological polar surface area (TPSA) is 12.0 Å². The second-order valence-electron chi connectivity index (χ2n) is 2.52. The maximum atomic E-state index is 4.82. The van der Waals surface area contributed by atoms with E-state index >= 15 is 0 Å². The van der Waals surface area contributed by atoms with E-state index in [-0.39, 0.29) is 10.5 Å². The summed E-state index contributed by atoms with van der Waals surface area (Å²) >= 11 is 4.82. The van der Waals surface area contributed by atoms with E-state index in [0.29, 0.717) is 0 Å². The molecular weight excluding hydrogens is 186 g/mol. The van der Waals surface area contributed by atoms with Crippen molar-refractivity contribution in [3.8, 4) is 0 Å². The molecule has 0 fully saturated rings. The Hall–Kier alpha value is -0.670. The number of hydrogen-bond donors (Lipinski definition) is 1. The molecule has 0 radical (unpaired) electrons. The van der Waals surface area contributed by atoms with Crippen LogP contribution in [-0.4, -0.2) is 16.6 Å². The minimum absolute atomic E-state index is 0.202. The highest BCUT2D eigenvalue weighted by molar-refractivity contribution is 8.16. The summed E-state index contributed by atoms with van der Waals surface area (Å²) in [5.74, 6) is 1.01. The number of benzene rings is 1. The van der Waals surface area contributed by atoms with Gasteiger partial charge in [0.15, 0.2) is 0 Å². The molecule has 0 aromatic heterocycles. The van der Waals surface area contributed by atoms with Gasteiger partial charge in [0, 0.05) is 16.0 Å². The van der Waals surface area contributed by atoms with Crippen molar-refractivity contribution in [3.05, 3.63) is 24.3 Å². The van der Waals surface area contributed by atoms with Crippen LogP contribution in [0.2, 0.25) is 0 Å². The Bertz CT molecular complexity index is 344. The first-order valence-electron chi connectivity index (χ1n) is 3.73. The molecule has 62 valence electrons. The molecule has 1 nitrogen and oxygen atoms in total. The molecule has 1 N–H and O–H groups in total. The first-order chi connectivity index (χ1) is 5.92. The maximum Gasteiger partial charge on any atom is 0.0606 e. The van der Waals surface area contributed by atoms with Crippen LogP contribution < -0.4 is 5.32 Å². The van der Waals surface area contributed by atoms with Crippen molar-refractivity contribution < 1.29 is 0 Å². The molecule has 12 heavy (non-hydrogen) atoms. The number of fused-ring (bicyclic) bond motifs is 1. The number of thiocarbonyl (C=S) groups is 1. The molecule has 0 spiro atoms. The lowest BCUT2D eigenvalue weighted by atomic mass is 10.3. The summed E-state index contributed by atoms with van der Waals surface area (Å²) in [5, 5.41) is 7.16. The van der Waals surface area contributed by atoms with Crippen LogP contribution in [0.4, 0.5) is 5.69 Å². The van der Waals surface area contributed by atoms with Gasteiger partial charge in [0.25, 0.3) is 0 Å². The third-order valence-electron chi connectivity index (χ3n) is 1.81. The van der Waals surface area contributed by atoms with Crippen LogP contribution in [0.15, 0.2) is 29.2 Å².